The van der Waals surface area contributed by atoms with Gasteiger partial charge in [-0.2, -0.15) is 11.8 Å². The summed E-state index contributed by atoms with van der Waals surface area (Å²) in [6, 6.07) is -1.47. The van der Waals surface area contributed by atoms with Crippen molar-refractivity contribution in [3.05, 3.63) is 0 Å². The number of amides is 1. The summed E-state index contributed by atoms with van der Waals surface area (Å²) < 4.78 is 0. The van der Waals surface area contributed by atoms with Crippen molar-refractivity contribution in [3.8, 4) is 0 Å². The summed E-state index contributed by atoms with van der Waals surface area (Å²) in [6.07, 6.45) is 2.86. The minimum atomic E-state index is -1.01. The van der Waals surface area contributed by atoms with E-state index in [0.717, 1.165) is 0 Å². The average molecular weight is 262 g/mol. The minimum absolute atomic E-state index is 0.310. The second-order valence-electron chi connectivity index (χ2n) is 4.42. The molecule has 4 N–H and O–H groups in total. The third-order valence-electron chi connectivity index (χ3n) is 2.29. The Morgan fingerprint density at radius 2 is 2.00 bits per heavy atom. The molecule has 1 amide bonds. The number of nitrogens with one attached hydrogen (secondary N) is 1. The van der Waals surface area contributed by atoms with Crippen molar-refractivity contribution < 1.29 is 14.7 Å². The predicted octanol–water partition coefficient (Wildman–Crippen LogP) is 0.682. The normalized spacial score (nSPS) is 14.4. The van der Waals surface area contributed by atoms with Crippen LogP contribution in [0.25, 0.3) is 0 Å². The first-order valence-corrected chi connectivity index (χ1v) is 7.05. The van der Waals surface area contributed by atoms with Crippen LogP contribution in [0.3, 0.4) is 0 Å². The number of rotatable bonds is 8. The van der Waals surface area contributed by atoms with E-state index in [2.05, 4.69) is 5.32 Å². The number of hydrogen-bond donors (Lipinski definition) is 3. The molecule has 0 radical (unpaired) electrons. The molecule has 0 bridgehead atoms. The molecule has 0 saturated heterocycles. The summed E-state index contributed by atoms with van der Waals surface area (Å²) in [6.45, 7) is 3.94. The van der Waals surface area contributed by atoms with E-state index in [1.54, 1.807) is 11.8 Å². The van der Waals surface area contributed by atoms with Gasteiger partial charge in [0.2, 0.25) is 5.91 Å². The summed E-state index contributed by atoms with van der Waals surface area (Å²) in [5, 5.41) is 11.4. The van der Waals surface area contributed by atoms with Crippen molar-refractivity contribution >= 4 is 23.6 Å². The van der Waals surface area contributed by atoms with Gasteiger partial charge in [0.1, 0.15) is 6.04 Å². The van der Waals surface area contributed by atoms with E-state index in [-0.39, 0.29) is 5.91 Å². The number of nitrogens with two attached hydrogens (primary N) is 1. The fourth-order valence-electron chi connectivity index (χ4n) is 1.39. The predicted molar refractivity (Wildman–Crippen MR) is 70.0 cm³/mol. The lowest BCUT2D eigenvalue weighted by atomic mass is 10.0. The molecule has 2 atom stereocenters. The van der Waals surface area contributed by atoms with Crippen molar-refractivity contribution in [2.75, 3.05) is 12.0 Å². The highest BCUT2D eigenvalue weighted by Gasteiger charge is 2.23. The van der Waals surface area contributed by atoms with Crippen molar-refractivity contribution in [3.63, 3.8) is 0 Å². The topological polar surface area (TPSA) is 92.4 Å². The van der Waals surface area contributed by atoms with Crippen molar-refractivity contribution in [2.45, 2.75) is 38.8 Å². The Morgan fingerprint density at radius 1 is 1.41 bits per heavy atom. The van der Waals surface area contributed by atoms with E-state index >= 15 is 0 Å². The Labute approximate surface area is 107 Å². The maximum absolute atomic E-state index is 11.7. The van der Waals surface area contributed by atoms with Crippen LogP contribution in [0, 0.1) is 5.92 Å². The first-order chi connectivity index (χ1) is 7.88. The maximum atomic E-state index is 11.7. The Morgan fingerprint density at radius 3 is 2.41 bits per heavy atom. The summed E-state index contributed by atoms with van der Waals surface area (Å²) in [7, 11) is 0. The molecular formula is C11H22N2O3S. The summed E-state index contributed by atoms with van der Waals surface area (Å²) >= 11 is 1.55. The zero-order valence-corrected chi connectivity index (χ0v) is 11.4. The molecule has 0 heterocycles. The largest absolute Gasteiger partial charge is 0.480 e. The highest BCUT2D eigenvalue weighted by Crippen LogP contribution is 2.05. The third-order valence-corrected chi connectivity index (χ3v) is 2.93. The highest BCUT2D eigenvalue weighted by molar-refractivity contribution is 7.98. The number of carboxylic acids is 1. The number of carboxylic acid groups (broad SMARTS) is 1. The van der Waals surface area contributed by atoms with Crippen LogP contribution in [0.15, 0.2) is 0 Å². The number of carbonyl (C=O) groups excluding carboxylic acids is 1. The highest BCUT2D eigenvalue weighted by atomic mass is 32.2. The van der Waals surface area contributed by atoms with Crippen molar-refractivity contribution in [2.24, 2.45) is 11.7 Å². The van der Waals surface area contributed by atoms with Crippen LogP contribution < -0.4 is 11.1 Å². The van der Waals surface area contributed by atoms with Gasteiger partial charge >= 0.3 is 5.97 Å². The number of carbonyl (C=O) groups is 2. The van der Waals surface area contributed by atoms with Crippen LogP contribution in [0.5, 0.6) is 0 Å². The molecular weight excluding hydrogens is 240 g/mol. The smallest absolute Gasteiger partial charge is 0.326 e. The van der Waals surface area contributed by atoms with Crippen LogP contribution >= 0.6 is 11.8 Å². The fraction of sp³-hybridized carbons (Fsp3) is 0.818. The van der Waals surface area contributed by atoms with Gasteiger partial charge in [0.25, 0.3) is 0 Å². The van der Waals surface area contributed by atoms with Crippen molar-refractivity contribution in [1.82, 2.24) is 5.32 Å². The number of aliphatic carboxylic acids is 1. The van der Waals surface area contributed by atoms with E-state index in [0.29, 0.717) is 24.5 Å². The molecule has 0 aromatic heterocycles. The zero-order chi connectivity index (χ0) is 13.4. The summed E-state index contributed by atoms with van der Waals surface area (Å²) in [4.78, 5) is 22.6. The zero-order valence-electron chi connectivity index (χ0n) is 10.6. The SMILES string of the molecule is CSCC[C@H](NC(=O)C(N)CC(C)C)C(=O)O. The Bertz CT molecular complexity index is 259. The van der Waals surface area contributed by atoms with Crippen LogP contribution in [0.2, 0.25) is 0 Å². The molecule has 1 unspecified atom stereocenters. The number of hydrogen-bond acceptors (Lipinski definition) is 4. The Kier molecular flexibility index (Phi) is 7.99. The minimum Gasteiger partial charge on any atom is -0.480 e. The second-order valence-corrected chi connectivity index (χ2v) is 5.40. The van der Waals surface area contributed by atoms with Gasteiger partial charge in [-0.25, -0.2) is 4.79 Å². The maximum Gasteiger partial charge on any atom is 0.326 e. The van der Waals surface area contributed by atoms with E-state index in [1.165, 1.54) is 0 Å². The molecule has 0 spiro atoms. The first kappa shape index (κ1) is 16.2. The van der Waals surface area contributed by atoms with Crippen LogP contribution in [-0.2, 0) is 9.59 Å². The van der Waals surface area contributed by atoms with E-state index < -0.39 is 18.1 Å². The molecule has 0 fully saturated rings. The lowest BCUT2D eigenvalue weighted by Crippen LogP contribution is -2.49. The molecule has 6 heteroatoms. The van der Waals surface area contributed by atoms with Crippen LogP contribution in [0.1, 0.15) is 26.7 Å². The Hall–Kier alpha value is -0.750. The van der Waals surface area contributed by atoms with Gasteiger partial charge < -0.3 is 16.2 Å². The quantitative estimate of drug-likeness (QED) is 0.598. The first-order valence-electron chi connectivity index (χ1n) is 5.66. The van der Waals surface area contributed by atoms with E-state index in [1.807, 2.05) is 20.1 Å². The molecule has 5 nitrogen and oxygen atoms in total. The van der Waals surface area contributed by atoms with Gasteiger partial charge in [0, 0.05) is 0 Å². The summed E-state index contributed by atoms with van der Waals surface area (Å²) in [5.41, 5.74) is 5.69. The van der Waals surface area contributed by atoms with Gasteiger partial charge in [0.15, 0.2) is 0 Å². The van der Waals surface area contributed by atoms with E-state index in [4.69, 9.17) is 10.8 Å². The fourth-order valence-corrected chi connectivity index (χ4v) is 1.86. The molecule has 0 saturated carbocycles. The molecule has 0 aromatic rings. The van der Waals surface area contributed by atoms with Gasteiger partial charge in [-0.3, -0.25) is 4.79 Å². The van der Waals surface area contributed by atoms with Crippen LogP contribution in [0.4, 0.5) is 0 Å². The third kappa shape index (κ3) is 7.23. The lowest BCUT2D eigenvalue weighted by molar-refractivity contribution is -0.142. The monoisotopic (exact) mass is 262 g/mol. The van der Waals surface area contributed by atoms with Gasteiger partial charge in [-0.05, 0) is 30.8 Å². The van der Waals surface area contributed by atoms with Gasteiger partial charge in [0.05, 0.1) is 6.04 Å². The second kappa shape index (κ2) is 8.36. The van der Waals surface area contributed by atoms with E-state index in [9.17, 15) is 9.59 Å². The average Bonchev–Trinajstić information content (AvgIpc) is 2.22. The molecule has 0 rings (SSSR count). The summed E-state index contributed by atoms with van der Waals surface area (Å²) in [5.74, 6) is -0.391. The molecule has 100 valence electrons. The van der Waals surface area contributed by atoms with Crippen molar-refractivity contribution in [1.29, 1.82) is 0 Å². The Balaban J connectivity index is 4.24. The van der Waals surface area contributed by atoms with Crippen LogP contribution in [-0.4, -0.2) is 41.1 Å². The molecule has 0 aromatic carbocycles. The molecule has 0 aliphatic rings. The molecule has 17 heavy (non-hydrogen) atoms. The molecule has 0 aliphatic heterocycles. The standard InChI is InChI=1S/C11H22N2O3S/c1-7(2)6-8(12)10(14)13-9(11(15)16)4-5-17-3/h7-9H,4-6,12H2,1-3H3,(H,13,14)(H,15,16)/t8?,9-/m0/s1. The number of thioether (sulfide) groups is 1. The van der Waals surface area contributed by atoms with Gasteiger partial charge in [-0.15, -0.1) is 0 Å². The lowest BCUT2D eigenvalue weighted by Gasteiger charge is -2.18. The van der Waals surface area contributed by atoms with Gasteiger partial charge in [-0.1, -0.05) is 13.8 Å². The molecule has 0 aliphatic carbocycles.